The molecule has 2 unspecified atom stereocenters. The molecule has 0 saturated carbocycles. The molecular formula is C29H41N3O4. The molecule has 196 valence electrons. The summed E-state index contributed by atoms with van der Waals surface area (Å²) in [7, 11) is 0. The number of anilines is 1. The highest BCUT2D eigenvalue weighted by Crippen LogP contribution is 2.33. The van der Waals surface area contributed by atoms with Gasteiger partial charge in [0.05, 0.1) is 0 Å². The van der Waals surface area contributed by atoms with Crippen molar-refractivity contribution in [3.05, 3.63) is 65.2 Å². The third-order valence-electron chi connectivity index (χ3n) is 6.13. The largest absolute Gasteiger partial charge is 0.444 e. The van der Waals surface area contributed by atoms with Crippen LogP contribution in [0.5, 0.6) is 0 Å². The summed E-state index contributed by atoms with van der Waals surface area (Å²) in [6, 6.07) is 13.3. The Balaban J connectivity index is 2.54. The van der Waals surface area contributed by atoms with Gasteiger partial charge in [0.1, 0.15) is 17.7 Å². The first kappa shape index (κ1) is 28.9. The Kier molecular flexibility index (Phi) is 9.30. The first-order chi connectivity index (χ1) is 16.7. The number of benzene rings is 2. The number of nitrogens with one attached hydrogen (secondary N) is 2. The van der Waals surface area contributed by atoms with Gasteiger partial charge in [-0.2, -0.15) is 0 Å². The molecule has 0 radical (unpaired) electrons. The zero-order valence-corrected chi connectivity index (χ0v) is 23.1. The van der Waals surface area contributed by atoms with Gasteiger partial charge >= 0.3 is 6.09 Å². The van der Waals surface area contributed by atoms with Crippen LogP contribution >= 0.6 is 0 Å². The molecule has 0 fully saturated rings. The fourth-order valence-electron chi connectivity index (χ4n) is 3.87. The molecule has 2 aromatic carbocycles. The van der Waals surface area contributed by atoms with Crippen molar-refractivity contribution in [1.82, 2.24) is 10.2 Å². The molecule has 0 spiro atoms. The molecule has 0 heterocycles. The predicted molar refractivity (Wildman–Crippen MR) is 144 cm³/mol. The molecule has 36 heavy (non-hydrogen) atoms. The summed E-state index contributed by atoms with van der Waals surface area (Å²) in [5, 5.41) is 5.67. The summed E-state index contributed by atoms with van der Waals surface area (Å²) in [6.45, 7) is 16.6. The minimum absolute atomic E-state index is 0.325. The van der Waals surface area contributed by atoms with Crippen LogP contribution in [0, 0.1) is 13.8 Å². The second kappa shape index (κ2) is 11.6. The van der Waals surface area contributed by atoms with E-state index in [1.54, 1.807) is 32.6 Å². The minimum atomic E-state index is -0.921. The topological polar surface area (TPSA) is 87.7 Å². The minimum Gasteiger partial charge on any atom is -0.444 e. The SMILES string of the molecule is CCC(C)(C)N(C(=O)C(C)NC(=O)OC(C)(C)C)C(C(=O)Nc1ccccc1C)c1cccc(C)c1. The number of rotatable bonds is 8. The number of alkyl carbamates (subject to hydrolysis) is 1. The maximum atomic E-state index is 13.9. The zero-order chi connectivity index (χ0) is 27.3. The summed E-state index contributed by atoms with van der Waals surface area (Å²) in [4.78, 5) is 41.9. The van der Waals surface area contributed by atoms with Gasteiger partial charge in [-0.25, -0.2) is 4.79 Å². The fraction of sp³-hybridized carbons (Fsp3) is 0.483. The average molecular weight is 496 g/mol. The van der Waals surface area contributed by atoms with Crippen molar-refractivity contribution in [3.63, 3.8) is 0 Å². The summed E-state index contributed by atoms with van der Waals surface area (Å²) >= 11 is 0. The highest BCUT2D eigenvalue weighted by Gasteiger charge is 2.42. The molecule has 2 N–H and O–H groups in total. The molecule has 7 nitrogen and oxygen atoms in total. The van der Waals surface area contributed by atoms with Gasteiger partial charge < -0.3 is 20.3 Å². The van der Waals surface area contributed by atoms with E-state index in [9.17, 15) is 14.4 Å². The van der Waals surface area contributed by atoms with Crippen molar-refractivity contribution in [2.24, 2.45) is 0 Å². The van der Waals surface area contributed by atoms with E-state index in [0.29, 0.717) is 17.7 Å². The number of hydrogen-bond donors (Lipinski definition) is 2. The van der Waals surface area contributed by atoms with Gasteiger partial charge in [-0.05, 0) is 79.0 Å². The lowest BCUT2D eigenvalue weighted by Gasteiger charge is -2.44. The number of aryl methyl sites for hydroxylation is 2. The summed E-state index contributed by atoms with van der Waals surface area (Å²) in [5.41, 5.74) is 1.87. The van der Waals surface area contributed by atoms with Crippen LogP contribution in [0.4, 0.5) is 10.5 Å². The maximum Gasteiger partial charge on any atom is 0.408 e. The fourth-order valence-corrected chi connectivity index (χ4v) is 3.87. The Labute approximate surface area is 215 Å². The van der Waals surface area contributed by atoms with Crippen LogP contribution in [0.25, 0.3) is 0 Å². The number of ether oxygens (including phenoxy) is 1. The lowest BCUT2D eigenvalue weighted by Crippen LogP contribution is -2.58. The first-order valence-electron chi connectivity index (χ1n) is 12.4. The molecule has 2 atom stereocenters. The van der Waals surface area contributed by atoms with E-state index in [-0.39, 0.29) is 11.8 Å². The number of nitrogens with zero attached hydrogens (tertiary/aromatic N) is 1. The van der Waals surface area contributed by atoms with Crippen LogP contribution in [-0.4, -0.2) is 40.0 Å². The van der Waals surface area contributed by atoms with Crippen molar-refractivity contribution >= 4 is 23.6 Å². The maximum absolute atomic E-state index is 13.9. The van der Waals surface area contributed by atoms with E-state index in [1.807, 2.05) is 83.1 Å². The van der Waals surface area contributed by atoms with Crippen LogP contribution in [0.2, 0.25) is 0 Å². The quantitative estimate of drug-likeness (QED) is 0.476. The van der Waals surface area contributed by atoms with Gasteiger partial charge in [0.25, 0.3) is 5.91 Å². The van der Waals surface area contributed by atoms with E-state index in [0.717, 1.165) is 11.1 Å². The van der Waals surface area contributed by atoms with E-state index >= 15 is 0 Å². The van der Waals surface area contributed by atoms with Gasteiger partial charge in [0.15, 0.2) is 0 Å². The first-order valence-corrected chi connectivity index (χ1v) is 12.4. The molecule has 2 rings (SSSR count). The molecule has 7 heteroatoms. The second-order valence-corrected chi connectivity index (χ2v) is 10.9. The third kappa shape index (κ3) is 7.57. The highest BCUT2D eigenvalue weighted by atomic mass is 16.6. The Hall–Kier alpha value is -3.35. The van der Waals surface area contributed by atoms with Crippen molar-refractivity contribution in [2.45, 2.75) is 92.0 Å². The summed E-state index contributed by atoms with van der Waals surface area (Å²) in [6.07, 6.45) is -0.0909. The van der Waals surface area contributed by atoms with E-state index in [1.165, 1.54) is 0 Å². The Morgan fingerprint density at radius 2 is 1.61 bits per heavy atom. The number of amides is 3. The third-order valence-corrected chi connectivity index (χ3v) is 6.13. The van der Waals surface area contributed by atoms with Crippen molar-refractivity contribution < 1.29 is 19.1 Å². The zero-order valence-electron chi connectivity index (χ0n) is 23.1. The van der Waals surface area contributed by atoms with Gasteiger partial charge in [0, 0.05) is 11.2 Å². The lowest BCUT2D eigenvalue weighted by atomic mass is 9.91. The Bertz CT molecular complexity index is 1090. The smallest absolute Gasteiger partial charge is 0.408 e. The molecule has 0 aliphatic heterocycles. The van der Waals surface area contributed by atoms with Crippen molar-refractivity contribution in [3.8, 4) is 0 Å². The van der Waals surface area contributed by atoms with Crippen LogP contribution < -0.4 is 10.6 Å². The molecule has 3 amide bonds. The molecule has 2 aromatic rings. The molecule has 0 aliphatic rings. The van der Waals surface area contributed by atoms with Gasteiger partial charge in [-0.3, -0.25) is 9.59 Å². The number of carbonyl (C=O) groups excluding carboxylic acids is 3. The normalized spacial score (nSPS) is 13.4. The number of hydrogen-bond acceptors (Lipinski definition) is 4. The van der Waals surface area contributed by atoms with E-state index in [4.69, 9.17) is 4.74 Å². The second-order valence-electron chi connectivity index (χ2n) is 10.9. The standard InChI is InChI=1S/C29H41N3O4/c1-10-29(8,9)32(26(34)21(4)30-27(35)36-28(5,6)7)24(22-16-13-14-19(2)18-22)25(33)31-23-17-12-11-15-20(23)3/h11-18,21,24H,10H2,1-9H3,(H,30,35)(H,31,33). The molecule has 0 aliphatic carbocycles. The van der Waals surface area contributed by atoms with E-state index < -0.39 is 29.3 Å². The lowest BCUT2D eigenvalue weighted by molar-refractivity contribution is -0.147. The predicted octanol–water partition coefficient (Wildman–Crippen LogP) is 5.91. The average Bonchev–Trinajstić information content (AvgIpc) is 2.76. The van der Waals surface area contributed by atoms with Gasteiger partial charge in [0.2, 0.25) is 5.91 Å². The Morgan fingerprint density at radius 1 is 0.972 bits per heavy atom. The van der Waals surface area contributed by atoms with Crippen LogP contribution in [0.3, 0.4) is 0 Å². The molecule has 0 saturated heterocycles. The van der Waals surface area contributed by atoms with Crippen LogP contribution in [0.15, 0.2) is 48.5 Å². The highest BCUT2D eigenvalue weighted by molar-refractivity contribution is 5.99. The molecular weight excluding hydrogens is 454 g/mol. The van der Waals surface area contributed by atoms with Gasteiger partial charge in [-0.15, -0.1) is 0 Å². The van der Waals surface area contributed by atoms with Crippen LogP contribution in [-0.2, 0) is 14.3 Å². The van der Waals surface area contributed by atoms with Crippen LogP contribution in [0.1, 0.15) is 77.6 Å². The Morgan fingerprint density at radius 3 is 2.17 bits per heavy atom. The van der Waals surface area contributed by atoms with E-state index in [2.05, 4.69) is 10.6 Å². The molecule has 0 aromatic heterocycles. The van der Waals surface area contributed by atoms with Crippen molar-refractivity contribution in [1.29, 1.82) is 0 Å². The number of carbonyl (C=O) groups is 3. The number of para-hydroxylation sites is 1. The summed E-state index contributed by atoms with van der Waals surface area (Å²) < 4.78 is 5.35. The molecule has 0 bridgehead atoms. The summed E-state index contributed by atoms with van der Waals surface area (Å²) in [5.74, 6) is -0.701. The monoisotopic (exact) mass is 495 g/mol. The van der Waals surface area contributed by atoms with Crippen molar-refractivity contribution in [2.75, 3.05) is 5.32 Å². The van der Waals surface area contributed by atoms with Gasteiger partial charge in [-0.1, -0.05) is 55.0 Å².